The average molecular weight is 360 g/mol. The fourth-order valence-electron chi connectivity index (χ4n) is 3.38. The topological polar surface area (TPSA) is 58.5 Å². The molecule has 0 saturated carbocycles. The molecular formula is C22H24N4O. The Kier molecular flexibility index (Phi) is 5.19. The number of nitrogens with zero attached hydrogens (tertiary/aromatic N) is 2. The molecule has 2 heterocycles. The molecule has 1 unspecified atom stereocenters. The minimum Gasteiger partial charge on any atom is -0.488 e. The van der Waals surface area contributed by atoms with E-state index in [-0.39, 0.29) is 6.10 Å². The molecule has 1 aromatic heterocycles. The van der Waals surface area contributed by atoms with E-state index in [1.54, 1.807) is 0 Å². The van der Waals surface area contributed by atoms with Gasteiger partial charge in [-0.2, -0.15) is 0 Å². The zero-order chi connectivity index (χ0) is 18.5. The van der Waals surface area contributed by atoms with Crippen LogP contribution in [0.25, 0.3) is 10.9 Å². The molecule has 0 fully saturated rings. The van der Waals surface area contributed by atoms with E-state index >= 15 is 0 Å². The molecule has 2 N–H and O–H groups in total. The number of ether oxygens (including phenoxy) is 1. The molecule has 5 heteroatoms. The number of aliphatic imine (C=N–C) groups is 1. The molecule has 0 bridgehead atoms. The van der Waals surface area contributed by atoms with Gasteiger partial charge in [-0.1, -0.05) is 42.5 Å². The lowest BCUT2D eigenvalue weighted by Crippen LogP contribution is -2.42. The van der Waals surface area contributed by atoms with Gasteiger partial charge in [0.2, 0.25) is 0 Å². The van der Waals surface area contributed by atoms with Crippen LogP contribution in [0.3, 0.4) is 0 Å². The summed E-state index contributed by atoms with van der Waals surface area (Å²) in [6.07, 6.45) is 2.88. The predicted octanol–water partition coefficient (Wildman–Crippen LogP) is 3.29. The van der Waals surface area contributed by atoms with E-state index in [4.69, 9.17) is 9.73 Å². The molecule has 4 rings (SSSR count). The molecule has 0 saturated heterocycles. The zero-order valence-corrected chi connectivity index (χ0v) is 15.5. The third kappa shape index (κ3) is 4.03. The summed E-state index contributed by atoms with van der Waals surface area (Å²) in [6, 6.07) is 18.5. The highest BCUT2D eigenvalue weighted by atomic mass is 16.5. The summed E-state index contributed by atoms with van der Waals surface area (Å²) >= 11 is 0. The number of fused-ring (bicyclic) bond motifs is 2. The van der Waals surface area contributed by atoms with Gasteiger partial charge in [0, 0.05) is 24.5 Å². The first-order valence-corrected chi connectivity index (χ1v) is 9.43. The number of rotatable bonds is 5. The maximum absolute atomic E-state index is 6.00. The number of hydrogen-bond donors (Lipinski definition) is 2. The fourth-order valence-corrected chi connectivity index (χ4v) is 3.38. The Labute approximate surface area is 159 Å². The summed E-state index contributed by atoms with van der Waals surface area (Å²) in [4.78, 5) is 9.25. The van der Waals surface area contributed by atoms with Crippen LogP contribution in [0, 0.1) is 0 Å². The summed E-state index contributed by atoms with van der Waals surface area (Å²) in [5, 5.41) is 7.86. The van der Waals surface area contributed by atoms with Gasteiger partial charge in [0.15, 0.2) is 5.96 Å². The maximum Gasteiger partial charge on any atom is 0.191 e. The van der Waals surface area contributed by atoms with Gasteiger partial charge < -0.3 is 15.4 Å². The van der Waals surface area contributed by atoms with Crippen LogP contribution in [0.1, 0.15) is 18.1 Å². The standard InChI is InChI=1S/C22H24N4O/c1-2-23-22(26-15-19-13-17-7-3-4-11-20(17)27-19)25-14-18-9-5-8-16-10-6-12-24-21(16)18/h3-12,19H,2,13-15H2,1H3,(H2,23,25,26). The third-order valence-electron chi connectivity index (χ3n) is 4.68. The predicted molar refractivity (Wildman–Crippen MR) is 109 cm³/mol. The lowest BCUT2D eigenvalue weighted by Gasteiger charge is -2.15. The number of nitrogens with one attached hydrogen (secondary N) is 2. The van der Waals surface area contributed by atoms with Crippen LogP contribution in [0.5, 0.6) is 5.75 Å². The molecule has 0 amide bonds. The second-order valence-corrected chi connectivity index (χ2v) is 6.62. The summed E-state index contributed by atoms with van der Waals surface area (Å²) in [5.74, 6) is 1.79. The van der Waals surface area contributed by atoms with Gasteiger partial charge in [-0.3, -0.25) is 4.98 Å². The van der Waals surface area contributed by atoms with Crippen molar-refractivity contribution in [1.29, 1.82) is 0 Å². The number of benzene rings is 2. The van der Waals surface area contributed by atoms with Crippen LogP contribution in [-0.4, -0.2) is 30.1 Å². The van der Waals surface area contributed by atoms with Gasteiger partial charge in [-0.15, -0.1) is 0 Å². The van der Waals surface area contributed by atoms with Gasteiger partial charge in [0.1, 0.15) is 11.9 Å². The molecule has 1 aliphatic heterocycles. The van der Waals surface area contributed by atoms with Crippen LogP contribution < -0.4 is 15.4 Å². The highest BCUT2D eigenvalue weighted by Crippen LogP contribution is 2.27. The Hall–Kier alpha value is -3.08. The molecule has 0 spiro atoms. The van der Waals surface area contributed by atoms with E-state index in [9.17, 15) is 0 Å². The number of pyridine rings is 1. The van der Waals surface area contributed by atoms with Crippen LogP contribution in [0.4, 0.5) is 0 Å². The Balaban J connectivity index is 1.42. The molecule has 1 atom stereocenters. The second kappa shape index (κ2) is 8.08. The Morgan fingerprint density at radius 2 is 2.00 bits per heavy atom. The minimum atomic E-state index is 0.130. The lowest BCUT2D eigenvalue weighted by molar-refractivity contribution is 0.235. The van der Waals surface area contributed by atoms with E-state index in [2.05, 4.69) is 58.9 Å². The van der Waals surface area contributed by atoms with Crippen molar-refractivity contribution in [2.45, 2.75) is 26.0 Å². The molecule has 138 valence electrons. The Morgan fingerprint density at radius 1 is 1.11 bits per heavy atom. The van der Waals surface area contributed by atoms with Crippen LogP contribution >= 0.6 is 0 Å². The highest BCUT2D eigenvalue weighted by Gasteiger charge is 2.22. The number of para-hydroxylation sites is 2. The van der Waals surface area contributed by atoms with Crippen molar-refractivity contribution in [1.82, 2.24) is 15.6 Å². The van der Waals surface area contributed by atoms with Crippen molar-refractivity contribution >= 4 is 16.9 Å². The lowest BCUT2D eigenvalue weighted by atomic mass is 10.1. The van der Waals surface area contributed by atoms with Crippen molar-refractivity contribution in [3.8, 4) is 5.75 Å². The van der Waals surface area contributed by atoms with E-state index < -0.39 is 0 Å². The monoisotopic (exact) mass is 360 g/mol. The van der Waals surface area contributed by atoms with E-state index in [0.29, 0.717) is 13.1 Å². The first-order chi connectivity index (χ1) is 13.3. The summed E-state index contributed by atoms with van der Waals surface area (Å²) in [6.45, 7) is 4.17. The number of guanidine groups is 1. The zero-order valence-electron chi connectivity index (χ0n) is 15.5. The number of aromatic nitrogens is 1. The molecule has 0 aliphatic carbocycles. The second-order valence-electron chi connectivity index (χ2n) is 6.62. The largest absolute Gasteiger partial charge is 0.488 e. The molecule has 5 nitrogen and oxygen atoms in total. The Bertz CT molecular complexity index is 923. The maximum atomic E-state index is 6.00. The fraction of sp³-hybridized carbons (Fsp3) is 0.273. The highest BCUT2D eigenvalue weighted by molar-refractivity contribution is 5.83. The molecule has 2 aromatic carbocycles. The van der Waals surface area contributed by atoms with Crippen molar-refractivity contribution in [3.63, 3.8) is 0 Å². The summed E-state index contributed by atoms with van der Waals surface area (Å²) in [7, 11) is 0. The summed E-state index contributed by atoms with van der Waals surface area (Å²) in [5.41, 5.74) is 3.40. The van der Waals surface area contributed by atoms with E-state index in [1.807, 2.05) is 24.4 Å². The Morgan fingerprint density at radius 3 is 2.89 bits per heavy atom. The van der Waals surface area contributed by atoms with Gasteiger partial charge in [0.25, 0.3) is 0 Å². The average Bonchev–Trinajstić information content (AvgIpc) is 3.13. The molecule has 0 radical (unpaired) electrons. The third-order valence-corrected chi connectivity index (χ3v) is 4.68. The molecule has 3 aromatic rings. The quantitative estimate of drug-likeness (QED) is 0.541. The SMILES string of the molecule is CCNC(=NCc1cccc2cccnc12)NCC1Cc2ccccc2O1. The van der Waals surface area contributed by atoms with Crippen molar-refractivity contribution in [2.24, 2.45) is 4.99 Å². The minimum absolute atomic E-state index is 0.130. The van der Waals surface area contributed by atoms with E-state index in [0.717, 1.165) is 41.1 Å². The van der Waals surface area contributed by atoms with Gasteiger partial charge >= 0.3 is 0 Å². The van der Waals surface area contributed by atoms with Gasteiger partial charge in [-0.25, -0.2) is 4.99 Å². The first kappa shape index (κ1) is 17.3. The van der Waals surface area contributed by atoms with Gasteiger partial charge in [-0.05, 0) is 30.2 Å². The molecular weight excluding hydrogens is 336 g/mol. The van der Waals surface area contributed by atoms with Crippen molar-refractivity contribution in [3.05, 3.63) is 71.9 Å². The van der Waals surface area contributed by atoms with Crippen LogP contribution in [0.2, 0.25) is 0 Å². The summed E-state index contributed by atoms with van der Waals surface area (Å²) < 4.78 is 6.00. The van der Waals surface area contributed by atoms with Crippen molar-refractivity contribution in [2.75, 3.05) is 13.1 Å². The normalized spacial score (nSPS) is 16.0. The van der Waals surface area contributed by atoms with E-state index in [1.165, 1.54) is 5.56 Å². The smallest absolute Gasteiger partial charge is 0.191 e. The molecule has 27 heavy (non-hydrogen) atoms. The molecule has 1 aliphatic rings. The first-order valence-electron chi connectivity index (χ1n) is 9.43. The number of hydrogen-bond acceptors (Lipinski definition) is 3. The van der Waals surface area contributed by atoms with Crippen LogP contribution in [-0.2, 0) is 13.0 Å². The van der Waals surface area contributed by atoms with Crippen LogP contribution in [0.15, 0.2) is 65.8 Å². The van der Waals surface area contributed by atoms with Gasteiger partial charge in [0.05, 0.1) is 18.6 Å². The van der Waals surface area contributed by atoms with Crippen molar-refractivity contribution < 1.29 is 4.74 Å².